The molecule has 0 aliphatic heterocycles. The van der Waals surface area contributed by atoms with E-state index in [1.54, 1.807) is 17.7 Å². The van der Waals surface area contributed by atoms with Crippen molar-refractivity contribution in [1.82, 2.24) is 20.1 Å². The van der Waals surface area contributed by atoms with Crippen LogP contribution in [0.1, 0.15) is 29.2 Å². The molecular weight excluding hydrogens is 232 g/mol. The molecule has 1 N–H and O–H groups in total. The van der Waals surface area contributed by atoms with E-state index < -0.39 is 0 Å². The molecular formula is C12H18N4S. The molecule has 0 amide bonds. The third-order valence-electron chi connectivity index (χ3n) is 2.86. The van der Waals surface area contributed by atoms with Crippen LogP contribution in [0.4, 0.5) is 0 Å². The van der Waals surface area contributed by atoms with Crippen LogP contribution in [0.5, 0.6) is 0 Å². The summed E-state index contributed by atoms with van der Waals surface area (Å²) in [6, 6.07) is 2.50. The van der Waals surface area contributed by atoms with Gasteiger partial charge >= 0.3 is 0 Å². The van der Waals surface area contributed by atoms with Gasteiger partial charge in [0.05, 0.1) is 0 Å². The van der Waals surface area contributed by atoms with Crippen LogP contribution in [0.25, 0.3) is 0 Å². The molecule has 2 rings (SSSR count). The van der Waals surface area contributed by atoms with Crippen LogP contribution < -0.4 is 5.32 Å². The first-order chi connectivity index (χ1) is 8.22. The number of likely N-dealkylation sites (N-methyl/N-ethyl adjacent to an activating group) is 1. The molecule has 0 aliphatic rings. The van der Waals surface area contributed by atoms with Gasteiger partial charge in [-0.05, 0) is 30.5 Å². The molecule has 0 bridgehead atoms. The number of thiophene rings is 1. The molecule has 0 radical (unpaired) electrons. The quantitative estimate of drug-likeness (QED) is 0.883. The van der Waals surface area contributed by atoms with Gasteiger partial charge in [0.15, 0.2) is 0 Å². The van der Waals surface area contributed by atoms with E-state index in [0.29, 0.717) is 6.04 Å². The molecule has 92 valence electrons. The van der Waals surface area contributed by atoms with Gasteiger partial charge in [0.2, 0.25) is 0 Å². The Morgan fingerprint density at radius 2 is 2.35 bits per heavy atom. The molecule has 2 aromatic heterocycles. The number of hydrogen-bond donors (Lipinski definition) is 1. The molecule has 0 spiro atoms. The fourth-order valence-corrected chi connectivity index (χ4v) is 2.94. The van der Waals surface area contributed by atoms with E-state index in [9.17, 15) is 0 Å². The number of aromatic nitrogens is 3. The molecule has 2 aromatic rings. The van der Waals surface area contributed by atoms with Crippen molar-refractivity contribution in [2.75, 3.05) is 6.54 Å². The van der Waals surface area contributed by atoms with Gasteiger partial charge in [-0.3, -0.25) is 4.68 Å². The summed E-state index contributed by atoms with van der Waals surface area (Å²) in [4.78, 5) is 5.69. The van der Waals surface area contributed by atoms with Gasteiger partial charge in [-0.2, -0.15) is 5.10 Å². The summed E-state index contributed by atoms with van der Waals surface area (Å²) >= 11 is 1.81. The largest absolute Gasteiger partial charge is 0.309 e. The highest BCUT2D eigenvalue weighted by molar-refractivity contribution is 7.10. The van der Waals surface area contributed by atoms with E-state index in [2.05, 4.69) is 40.7 Å². The maximum absolute atomic E-state index is 4.29. The van der Waals surface area contributed by atoms with Gasteiger partial charge in [-0.25, -0.2) is 4.98 Å². The molecule has 1 unspecified atom stereocenters. The average molecular weight is 250 g/mol. The minimum atomic E-state index is 0.336. The van der Waals surface area contributed by atoms with Crippen molar-refractivity contribution in [3.05, 3.63) is 34.0 Å². The van der Waals surface area contributed by atoms with Gasteiger partial charge in [0.25, 0.3) is 0 Å². The van der Waals surface area contributed by atoms with Crippen molar-refractivity contribution in [3.63, 3.8) is 0 Å². The normalized spacial score (nSPS) is 12.9. The molecule has 0 aliphatic carbocycles. The smallest absolute Gasteiger partial charge is 0.138 e. The Morgan fingerprint density at radius 3 is 2.88 bits per heavy atom. The standard InChI is InChI=1S/C12H18N4S/c1-4-13-10(12-9(2)5-6-17-12)7-11-14-8-15-16(11)3/h5-6,8,10,13H,4,7H2,1-3H3. The zero-order chi connectivity index (χ0) is 12.3. The highest BCUT2D eigenvalue weighted by Gasteiger charge is 2.17. The average Bonchev–Trinajstić information content (AvgIpc) is 2.88. The molecule has 0 aromatic carbocycles. The Hall–Kier alpha value is -1.20. The molecule has 17 heavy (non-hydrogen) atoms. The Labute approximate surface area is 106 Å². The van der Waals surface area contributed by atoms with Gasteiger partial charge in [-0.15, -0.1) is 11.3 Å². The van der Waals surface area contributed by atoms with Crippen LogP contribution in [0.15, 0.2) is 17.8 Å². The van der Waals surface area contributed by atoms with E-state index in [1.165, 1.54) is 10.4 Å². The lowest BCUT2D eigenvalue weighted by Gasteiger charge is -2.17. The molecule has 0 saturated carbocycles. The summed E-state index contributed by atoms with van der Waals surface area (Å²) in [5.74, 6) is 1.02. The van der Waals surface area contributed by atoms with Crippen molar-refractivity contribution in [1.29, 1.82) is 0 Å². The molecule has 0 saturated heterocycles. The Balaban J connectivity index is 2.19. The third kappa shape index (κ3) is 2.73. The summed E-state index contributed by atoms with van der Waals surface area (Å²) < 4.78 is 1.84. The molecule has 0 fully saturated rings. The third-order valence-corrected chi connectivity index (χ3v) is 3.99. The lowest BCUT2D eigenvalue weighted by atomic mass is 10.1. The lowest BCUT2D eigenvalue weighted by Crippen LogP contribution is -2.24. The number of aryl methyl sites for hydroxylation is 2. The van der Waals surface area contributed by atoms with Crippen LogP contribution in [0.2, 0.25) is 0 Å². The van der Waals surface area contributed by atoms with E-state index in [4.69, 9.17) is 0 Å². The lowest BCUT2D eigenvalue weighted by molar-refractivity contribution is 0.527. The zero-order valence-corrected chi connectivity index (χ0v) is 11.3. The summed E-state index contributed by atoms with van der Waals surface area (Å²) in [7, 11) is 1.94. The molecule has 5 heteroatoms. The van der Waals surface area contributed by atoms with E-state index in [-0.39, 0.29) is 0 Å². The van der Waals surface area contributed by atoms with Crippen molar-refractivity contribution < 1.29 is 0 Å². The van der Waals surface area contributed by atoms with E-state index in [1.807, 2.05) is 11.7 Å². The molecule has 4 nitrogen and oxygen atoms in total. The van der Waals surface area contributed by atoms with Gasteiger partial charge in [0.1, 0.15) is 12.2 Å². The van der Waals surface area contributed by atoms with Crippen molar-refractivity contribution in [3.8, 4) is 0 Å². The first-order valence-electron chi connectivity index (χ1n) is 5.82. The minimum Gasteiger partial charge on any atom is -0.309 e. The number of rotatable bonds is 5. The number of nitrogens with one attached hydrogen (secondary N) is 1. The predicted octanol–water partition coefficient (Wildman–Crippen LogP) is 2.08. The zero-order valence-electron chi connectivity index (χ0n) is 10.5. The Morgan fingerprint density at radius 1 is 1.53 bits per heavy atom. The second-order valence-electron chi connectivity index (χ2n) is 4.08. The fraction of sp³-hybridized carbons (Fsp3) is 0.500. The van der Waals surface area contributed by atoms with Crippen LogP contribution in [-0.2, 0) is 13.5 Å². The minimum absolute atomic E-state index is 0.336. The summed E-state index contributed by atoms with van der Waals surface area (Å²) in [6.07, 6.45) is 2.49. The number of nitrogens with zero attached hydrogens (tertiary/aromatic N) is 3. The predicted molar refractivity (Wildman–Crippen MR) is 70.2 cm³/mol. The topological polar surface area (TPSA) is 42.7 Å². The van der Waals surface area contributed by atoms with E-state index in [0.717, 1.165) is 18.8 Å². The second kappa shape index (κ2) is 5.42. The van der Waals surface area contributed by atoms with Gasteiger partial charge < -0.3 is 5.32 Å². The van der Waals surface area contributed by atoms with E-state index >= 15 is 0 Å². The van der Waals surface area contributed by atoms with Crippen molar-refractivity contribution >= 4 is 11.3 Å². The van der Waals surface area contributed by atoms with Crippen LogP contribution in [0, 0.1) is 6.92 Å². The second-order valence-corrected chi connectivity index (χ2v) is 5.03. The first kappa shape index (κ1) is 12.3. The Bertz CT molecular complexity index is 474. The molecule has 2 heterocycles. The summed E-state index contributed by atoms with van der Waals surface area (Å²) in [6.45, 7) is 5.25. The Kier molecular flexibility index (Phi) is 3.91. The molecule has 1 atom stereocenters. The highest BCUT2D eigenvalue weighted by Crippen LogP contribution is 2.26. The fourth-order valence-electron chi connectivity index (χ4n) is 1.93. The van der Waals surface area contributed by atoms with Crippen LogP contribution in [-0.4, -0.2) is 21.3 Å². The van der Waals surface area contributed by atoms with Crippen molar-refractivity contribution in [2.45, 2.75) is 26.3 Å². The first-order valence-corrected chi connectivity index (χ1v) is 6.70. The highest BCUT2D eigenvalue weighted by atomic mass is 32.1. The summed E-state index contributed by atoms with van der Waals surface area (Å²) in [5, 5.41) is 9.78. The van der Waals surface area contributed by atoms with Crippen LogP contribution >= 0.6 is 11.3 Å². The van der Waals surface area contributed by atoms with Gasteiger partial charge in [0, 0.05) is 24.4 Å². The SMILES string of the molecule is CCNC(Cc1ncnn1C)c1sccc1C. The van der Waals surface area contributed by atoms with Crippen molar-refractivity contribution in [2.24, 2.45) is 7.05 Å². The maximum atomic E-state index is 4.29. The summed E-state index contributed by atoms with van der Waals surface area (Å²) in [5.41, 5.74) is 1.35. The number of hydrogen-bond acceptors (Lipinski definition) is 4. The van der Waals surface area contributed by atoms with Gasteiger partial charge in [-0.1, -0.05) is 6.92 Å². The van der Waals surface area contributed by atoms with Crippen LogP contribution in [0.3, 0.4) is 0 Å². The maximum Gasteiger partial charge on any atom is 0.138 e. The monoisotopic (exact) mass is 250 g/mol.